The summed E-state index contributed by atoms with van der Waals surface area (Å²) in [4.78, 5) is 8.89. The molecule has 0 fully saturated rings. The number of alkyl halides is 3. The largest absolute Gasteiger partial charge is 0.493 e. The third kappa shape index (κ3) is 3.79. The molecule has 0 saturated heterocycles. The summed E-state index contributed by atoms with van der Waals surface area (Å²) in [5.74, 6) is 2.06. The lowest BCUT2D eigenvalue weighted by Gasteiger charge is -2.21. The zero-order valence-corrected chi connectivity index (χ0v) is 18.1. The number of nitrogens with zero attached hydrogens (tertiary/aromatic N) is 3. The lowest BCUT2D eigenvalue weighted by Crippen LogP contribution is -2.14. The highest BCUT2D eigenvalue weighted by Gasteiger charge is 2.33. The molecular formula is C23H23F3N4O2. The third-order valence-electron chi connectivity index (χ3n) is 5.43. The highest BCUT2D eigenvalue weighted by molar-refractivity contribution is 5.93. The van der Waals surface area contributed by atoms with Gasteiger partial charge in [-0.05, 0) is 44.0 Å². The standard InChI is InChI=1S/C23H23F3N4O2/c1-5-32-20-11-16-18(12-19(20)31-4)30-10-9-27-22(30)29-21(16)28-14(3)15-7-6-8-17(13(15)2)23(24,25)26/h6-12,14H,5H2,1-4H3,(H,27,28,29)/t14-/m1/s1. The molecule has 1 N–H and O–H groups in total. The van der Waals surface area contributed by atoms with Crippen molar-refractivity contribution in [2.45, 2.75) is 33.0 Å². The van der Waals surface area contributed by atoms with Gasteiger partial charge in [0.2, 0.25) is 5.78 Å². The first-order chi connectivity index (χ1) is 15.2. The molecule has 0 unspecified atom stereocenters. The van der Waals surface area contributed by atoms with E-state index >= 15 is 0 Å². The van der Waals surface area contributed by atoms with Crippen molar-refractivity contribution in [3.05, 3.63) is 59.4 Å². The fraction of sp³-hybridized carbons (Fsp3) is 0.304. The van der Waals surface area contributed by atoms with Crippen LogP contribution >= 0.6 is 0 Å². The zero-order chi connectivity index (χ0) is 23.0. The Morgan fingerprint density at radius 2 is 1.97 bits per heavy atom. The summed E-state index contributed by atoms with van der Waals surface area (Å²) in [5.41, 5.74) is 0.858. The zero-order valence-electron chi connectivity index (χ0n) is 18.1. The Bertz CT molecular complexity index is 1280. The van der Waals surface area contributed by atoms with E-state index in [2.05, 4.69) is 15.3 Å². The molecule has 0 radical (unpaired) electrons. The van der Waals surface area contributed by atoms with Crippen LogP contribution in [0.1, 0.15) is 36.6 Å². The van der Waals surface area contributed by atoms with E-state index in [-0.39, 0.29) is 5.56 Å². The molecular weight excluding hydrogens is 421 g/mol. The van der Waals surface area contributed by atoms with Gasteiger partial charge in [-0.3, -0.25) is 4.40 Å². The lowest BCUT2D eigenvalue weighted by molar-refractivity contribution is -0.138. The summed E-state index contributed by atoms with van der Waals surface area (Å²) >= 11 is 0. The molecule has 2 heterocycles. The molecule has 0 saturated carbocycles. The summed E-state index contributed by atoms with van der Waals surface area (Å²) in [5, 5.41) is 4.01. The molecule has 0 aliphatic heterocycles. The molecule has 2 aromatic heterocycles. The first-order valence-corrected chi connectivity index (χ1v) is 10.2. The van der Waals surface area contributed by atoms with E-state index in [0.717, 1.165) is 17.0 Å². The number of hydrogen-bond donors (Lipinski definition) is 1. The second-order valence-electron chi connectivity index (χ2n) is 7.39. The Balaban J connectivity index is 1.84. The van der Waals surface area contributed by atoms with E-state index in [4.69, 9.17) is 9.47 Å². The second kappa shape index (κ2) is 8.22. The van der Waals surface area contributed by atoms with Gasteiger partial charge >= 0.3 is 6.18 Å². The number of halogens is 3. The topological polar surface area (TPSA) is 60.7 Å². The van der Waals surface area contributed by atoms with E-state index < -0.39 is 17.8 Å². The number of fused-ring (bicyclic) bond motifs is 3. The van der Waals surface area contributed by atoms with Crippen molar-refractivity contribution >= 4 is 22.5 Å². The Labute approximate surface area is 183 Å². The molecule has 0 aliphatic rings. The highest BCUT2D eigenvalue weighted by atomic mass is 19.4. The van der Waals surface area contributed by atoms with Crippen LogP contribution < -0.4 is 14.8 Å². The fourth-order valence-electron chi connectivity index (χ4n) is 3.92. The van der Waals surface area contributed by atoms with Gasteiger partial charge in [-0.15, -0.1) is 0 Å². The number of aromatic nitrogens is 3. The molecule has 2 aromatic carbocycles. The van der Waals surface area contributed by atoms with Crippen molar-refractivity contribution in [3.8, 4) is 11.5 Å². The van der Waals surface area contributed by atoms with Crippen LogP contribution in [0.15, 0.2) is 42.7 Å². The molecule has 9 heteroatoms. The van der Waals surface area contributed by atoms with Gasteiger partial charge in [-0.25, -0.2) is 4.98 Å². The van der Waals surface area contributed by atoms with Crippen LogP contribution in [0.5, 0.6) is 11.5 Å². The predicted octanol–water partition coefficient (Wildman–Crippen LogP) is 5.79. The number of methoxy groups -OCH3 is 1. The average Bonchev–Trinajstić information content (AvgIpc) is 3.21. The number of anilines is 1. The summed E-state index contributed by atoms with van der Waals surface area (Å²) in [6, 6.07) is 7.41. The smallest absolute Gasteiger partial charge is 0.416 e. The van der Waals surface area contributed by atoms with E-state index in [1.807, 2.05) is 23.5 Å². The van der Waals surface area contributed by atoms with E-state index in [9.17, 15) is 13.2 Å². The van der Waals surface area contributed by atoms with E-state index in [0.29, 0.717) is 35.3 Å². The maximum atomic E-state index is 13.4. The van der Waals surface area contributed by atoms with Crippen LogP contribution in [0, 0.1) is 6.92 Å². The molecule has 0 amide bonds. The molecule has 0 spiro atoms. The average molecular weight is 444 g/mol. The number of hydrogen-bond acceptors (Lipinski definition) is 5. The van der Waals surface area contributed by atoms with Crippen molar-refractivity contribution in [1.82, 2.24) is 14.4 Å². The molecule has 32 heavy (non-hydrogen) atoms. The third-order valence-corrected chi connectivity index (χ3v) is 5.43. The van der Waals surface area contributed by atoms with Crippen LogP contribution in [0.25, 0.3) is 16.7 Å². The minimum Gasteiger partial charge on any atom is -0.493 e. The van der Waals surface area contributed by atoms with Gasteiger partial charge < -0.3 is 14.8 Å². The maximum Gasteiger partial charge on any atom is 0.416 e. The van der Waals surface area contributed by atoms with Gasteiger partial charge in [-0.2, -0.15) is 18.2 Å². The Kier molecular flexibility index (Phi) is 5.58. The van der Waals surface area contributed by atoms with Crippen LogP contribution in [-0.2, 0) is 6.18 Å². The van der Waals surface area contributed by atoms with Crippen molar-refractivity contribution in [1.29, 1.82) is 0 Å². The predicted molar refractivity (Wildman–Crippen MR) is 116 cm³/mol. The quantitative estimate of drug-likeness (QED) is 0.408. The SMILES string of the molecule is CCOc1cc2c(N[C@H](C)c3cccc(C(F)(F)F)c3C)nc3nccn3c2cc1OC. The summed E-state index contributed by atoms with van der Waals surface area (Å²) < 4.78 is 53.2. The van der Waals surface area contributed by atoms with Gasteiger partial charge in [0.1, 0.15) is 5.82 Å². The minimum absolute atomic E-state index is 0.183. The first-order valence-electron chi connectivity index (χ1n) is 10.2. The number of ether oxygens (including phenoxy) is 2. The van der Waals surface area contributed by atoms with Crippen LogP contribution in [0.2, 0.25) is 0 Å². The normalized spacial score (nSPS) is 12.8. The molecule has 0 aliphatic carbocycles. The monoisotopic (exact) mass is 444 g/mol. The molecule has 168 valence electrons. The Morgan fingerprint density at radius 3 is 2.66 bits per heavy atom. The van der Waals surface area contributed by atoms with Crippen molar-refractivity contribution in [3.63, 3.8) is 0 Å². The molecule has 4 aromatic rings. The number of rotatable bonds is 6. The van der Waals surface area contributed by atoms with E-state index in [1.54, 1.807) is 32.5 Å². The van der Waals surface area contributed by atoms with Crippen molar-refractivity contribution in [2.75, 3.05) is 19.0 Å². The maximum absolute atomic E-state index is 13.4. The number of imidazole rings is 1. The molecule has 0 bridgehead atoms. The fourth-order valence-corrected chi connectivity index (χ4v) is 3.92. The van der Waals surface area contributed by atoms with Gasteiger partial charge in [0, 0.05) is 23.8 Å². The Morgan fingerprint density at radius 1 is 1.19 bits per heavy atom. The van der Waals surface area contributed by atoms with Crippen LogP contribution in [0.4, 0.5) is 19.0 Å². The number of benzene rings is 2. The van der Waals surface area contributed by atoms with Gasteiger partial charge in [0.05, 0.1) is 30.8 Å². The summed E-state index contributed by atoms with van der Waals surface area (Å²) in [6.45, 7) is 5.61. The molecule has 6 nitrogen and oxygen atoms in total. The minimum atomic E-state index is -4.41. The highest BCUT2D eigenvalue weighted by Crippen LogP contribution is 2.38. The summed E-state index contributed by atoms with van der Waals surface area (Å²) in [6.07, 6.45) is -0.994. The van der Waals surface area contributed by atoms with Crippen molar-refractivity contribution in [2.24, 2.45) is 0 Å². The van der Waals surface area contributed by atoms with E-state index in [1.165, 1.54) is 13.0 Å². The van der Waals surface area contributed by atoms with Crippen molar-refractivity contribution < 1.29 is 22.6 Å². The molecule has 4 rings (SSSR count). The van der Waals surface area contributed by atoms with Crippen LogP contribution in [0.3, 0.4) is 0 Å². The lowest BCUT2D eigenvalue weighted by atomic mass is 9.97. The number of nitrogens with one attached hydrogen (secondary N) is 1. The Hall–Kier alpha value is -3.49. The van der Waals surface area contributed by atoms with Gasteiger partial charge in [0.15, 0.2) is 11.5 Å². The second-order valence-corrected chi connectivity index (χ2v) is 7.39. The van der Waals surface area contributed by atoms with Crippen LogP contribution in [-0.4, -0.2) is 28.1 Å². The summed E-state index contributed by atoms with van der Waals surface area (Å²) in [7, 11) is 1.56. The molecule has 1 atom stereocenters. The van der Waals surface area contributed by atoms with Gasteiger partial charge in [0.25, 0.3) is 0 Å². The first kappa shape index (κ1) is 21.7. The van der Waals surface area contributed by atoms with Gasteiger partial charge in [-0.1, -0.05) is 12.1 Å².